The fraction of sp³-hybridized carbons (Fsp3) is 0.429. The van der Waals surface area contributed by atoms with Crippen molar-refractivity contribution in [2.45, 2.75) is 12.8 Å². The minimum atomic E-state index is 0.856. The van der Waals surface area contributed by atoms with Gasteiger partial charge in [-0.25, -0.2) is 9.97 Å². The number of nitrogens with one attached hydrogen (secondary N) is 2. The normalized spacial score (nSPS) is 10.6. The molecule has 0 saturated carbocycles. The zero-order chi connectivity index (χ0) is 13.5. The summed E-state index contributed by atoms with van der Waals surface area (Å²) < 4.78 is 0. The van der Waals surface area contributed by atoms with Gasteiger partial charge in [-0.15, -0.1) is 0 Å². The van der Waals surface area contributed by atoms with Crippen LogP contribution in [0.1, 0.15) is 11.5 Å². The summed E-state index contributed by atoms with van der Waals surface area (Å²) in [6, 6.07) is 6.08. The molecule has 2 N–H and O–H groups in total. The molecule has 5 nitrogen and oxygen atoms in total. The van der Waals surface area contributed by atoms with Crippen molar-refractivity contribution in [1.29, 1.82) is 0 Å². The van der Waals surface area contributed by atoms with E-state index in [1.54, 1.807) is 0 Å². The molecule has 0 aliphatic heterocycles. The summed E-state index contributed by atoms with van der Waals surface area (Å²) in [6.07, 6.45) is 5.63. The lowest BCUT2D eigenvalue weighted by Crippen LogP contribution is -2.22. The fourth-order valence-electron chi connectivity index (χ4n) is 1.88. The summed E-state index contributed by atoms with van der Waals surface area (Å²) in [7, 11) is 4.00. The van der Waals surface area contributed by atoms with Gasteiger partial charge in [0.1, 0.15) is 11.6 Å². The van der Waals surface area contributed by atoms with Crippen molar-refractivity contribution >= 4 is 5.82 Å². The molecule has 5 heteroatoms. The zero-order valence-electron chi connectivity index (χ0n) is 11.6. The minimum absolute atomic E-state index is 0.856. The maximum atomic E-state index is 4.57. The Hall–Kier alpha value is -1.88. The van der Waals surface area contributed by atoms with Crippen molar-refractivity contribution in [3.63, 3.8) is 0 Å². The number of aromatic amines is 1. The molecule has 0 amide bonds. The monoisotopic (exact) mass is 259 g/mol. The number of likely N-dealkylation sites (N-methyl/N-ethyl adjacent to an activating group) is 2. The highest BCUT2D eigenvalue weighted by molar-refractivity contribution is 5.36. The van der Waals surface area contributed by atoms with Gasteiger partial charge in [0, 0.05) is 51.1 Å². The van der Waals surface area contributed by atoms with Crippen LogP contribution in [0.5, 0.6) is 0 Å². The number of anilines is 1. The lowest BCUT2D eigenvalue weighted by molar-refractivity contribution is 0.748. The molecule has 0 fully saturated rings. The zero-order valence-corrected chi connectivity index (χ0v) is 11.6. The molecular weight excluding hydrogens is 238 g/mol. The molecule has 0 spiro atoms. The van der Waals surface area contributed by atoms with E-state index in [1.165, 1.54) is 5.69 Å². The first-order valence-electron chi connectivity index (χ1n) is 6.59. The van der Waals surface area contributed by atoms with Crippen LogP contribution in [0, 0.1) is 0 Å². The van der Waals surface area contributed by atoms with Gasteiger partial charge in [-0.3, -0.25) is 0 Å². The number of hydrogen-bond donors (Lipinski definition) is 2. The largest absolute Gasteiger partial charge is 0.365 e. The third kappa shape index (κ3) is 4.06. The maximum absolute atomic E-state index is 4.57. The fourth-order valence-corrected chi connectivity index (χ4v) is 1.88. The second kappa shape index (κ2) is 6.89. The molecule has 0 aliphatic rings. The van der Waals surface area contributed by atoms with E-state index in [0.29, 0.717) is 0 Å². The second-order valence-corrected chi connectivity index (χ2v) is 4.55. The molecule has 0 radical (unpaired) electrons. The second-order valence-electron chi connectivity index (χ2n) is 4.55. The Balaban J connectivity index is 1.92. The SMILES string of the molecule is CNCCc1nccc(N(C)CCc2ccc[nH]2)n1. The van der Waals surface area contributed by atoms with Gasteiger partial charge in [-0.1, -0.05) is 0 Å². The summed E-state index contributed by atoms with van der Waals surface area (Å²) in [5, 5.41) is 3.11. The summed E-state index contributed by atoms with van der Waals surface area (Å²) in [5.74, 6) is 1.87. The standard InChI is InChI=1S/C14H21N5/c1-15-9-5-13-17-10-6-14(18-13)19(2)11-7-12-4-3-8-16-12/h3-4,6,8,10,15-16H,5,7,9,11H2,1-2H3. The van der Waals surface area contributed by atoms with E-state index in [-0.39, 0.29) is 0 Å². The first-order chi connectivity index (χ1) is 9.29. The summed E-state index contributed by atoms with van der Waals surface area (Å²) >= 11 is 0. The molecule has 0 aliphatic carbocycles. The lowest BCUT2D eigenvalue weighted by Gasteiger charge is -2.18. The number of nitrogens with zero attached hydrogens (tertiary/aromatic N) is 3. The summed E-state index contributed by atoms with van der Waals surface area (Å²) in [4.78, 5) is 14.2. The first kappa shape index (κ1) is 13.5. The molecule has 2 aromatic heterocycles. The van der Waals surface area contributed by atoms with Gasteiger partial charge in [-0.05, 0) is 25.2 Å². The van der Waals surface area contributed by atoms with Gasteiger partial charge in [-0.2, -0.15) is 0 Å². The van der Waals surface area contributed by atoms with Gasteiger partial charge in [0.05, 0.1) is 0 Å². The highest BCUT2D eigenvalue weighted by Gasteiger charge is 2.05. The van der Waals surface area contributed by atoms with Crippen LogP contribution < -0.4 is 10.2 Å². The van der Waals surface area contributed by atoms with E-state index < -0.39 is 0 Å². The van der Waals surface area contributed by atoms with Crippen LogP contribution in [0.3, 0.4) is 0 Å². The predicted octanol–water partition coefficient (Wildman–Crippen LogP) is 1.25. The molecule has 0 aromatic carbocycles. The van der Waals surface area contributed by atoms with Crippen LogP contribution in [0.25, 0.3) is 0 Å². The lowest BCUT2D eigenvalue weighted by atomic mass is 10.3. The predicted molar refractivity (Wildman–Crippen MR) is 77.4 cm³/mol. The van der Waals surface area contributed by atoms with Crippen molar-refractivity contribution in [2.24, 2.45) is 0 Å². The Labute approximate surface area is 114 Å². The third-order valence-electron chi connectivity index (χ3n) is 3.06. The smallest absolute Gasteiger partial charge is 0.131 e. The Kier molecular flexibility index (Phi) is 4.92. The van der Waals surface area contributed by atoms with E-state index in [2.05, 4.69) is 38.3 Å². The minimum Gasteiger partial charge on any atom is -0.365 e. The van der Waals surface area contributed by atoms with Crippen molar-refractivity contribution < 1.29 is 0 Å². The van der Waals surface area contributed by atoms with Crippen LogP contribution in [0.15, 0.2) is 30.6 Å². The van der Waals surface area contributed by atoms with Crippen LogP contribution in [-0.2, 0) is 12.8 Å². The molecule has 2 rings (SSSR count). The number of rotatable bonds is 7. The highest BCUT2D eigenvalue weighted by atomic mass is 15.2. The number of hydrogen-bond acceptors (Lipinski definition) is 4. The highest BCUT2D eigenvalue weighted by Crippen LogP contribution is 2.09. The molecule has 0 saturated heterocycles. The molecule has 19 heavy (non-hydrogen) atoms. The average molecular weight is 259 g/mol. The van der Waals surface area contributed by atoms with Gasteiger partial charge >= 0.3 is 0 Å². The Bertz CT molecular complexity index is 480. The van der Waals surface area contributed by atoms with Crippen molar-refractivity contribution in [3.05, 3.63) is 42.1 Å². The van der Waals surface area contributed by atoms with Crippen molar-refractivity contribution in [1.82, 2.24) is 20.3 Å². The number of aromatic nitrogens is 3. The van der Waals surface area contributed by atoms with Crippen LogP contribution in [0.4, 0.5) is 5.82 Å². The van der Waals surface area contributed by atoms with Gasteiger partial charge in [0.15, 0.2) is 0 Å². The van der Waals surface area contributed by atoms with E-state index >= 15 is 0 Å². The van der Waals surface area contributed by atoms with E-state index in [0.717, 1.165) is 37.6 Å². The average Bonchev–Trinajstić information content (AvgIpc) is 2.96. The van der Waals surface area contributed by atoms with Crippen molar-refractivity contribution in [2.75, 3.05) is 32.1 Å². The van der Waals surface area contributed by atoms with Gasteiger partial charge in [0.2, 0.25) is 0 Å². The Morgan fingerprint density at radius 1 is 1.32 bits per heavy atom. The molecule has 0 bridgehead atoms. The Morgan fingerprint density at radius 3 is 2.95 bits per heavy atom. The van der Waals surface area contributed by atoms with Crippen LogP contribution >= 0.6 is 0 Å². The molecule has 102 valence electrons. The third-order valence-corrected chi connectivity index (χ3v) is 3.06. The molecule has 2 aromatic rings. The van der Waals surface area contributed by atoms with Crippen molar-refractivity contribution in [3.8, 4) is 0 Å². The molecule has 0 atom stereocenters. The summed E-state index contributed by atoms with van der Waals surface area (Å²) in [5.41, 5.74) is 1.25. The first-order valence-corrected chi connectivity index (χ1v) is 6.59. The van der Waals surface area contributed by atoms with Gasteiger partial charge < -0.3 is 15.2 Å². The Morgan fingerprint density at radius 2 is 2.21 bits per heavy atom. The molecular formula is C14H21N5. The van der Waals surface area contributed by atoms with E-state index in [4.69, 9.17) is 0 Å². The maximum Gasteiger partial charge on any atom is 0.131 e. The van der Waals surface area contributed by atoms with Gasteiger partial charge in [0.25, 0.3) is 0 Å². The van der Waals surface area contributed by atoms with E-state index in [1.807, 2.05) is 31.6 Å². The molecule has 2 heterocycles. The topological polar surface area (TPSA) is 56.8 Å². The van der Waals surface area contributed by atoms with E-state index in [9.17, 15) is 0 Å². The van der Waals surface area contributed by atoms with Crippen LogP contribution in [0.2, 0.25) is 0 Å². The molecule has 0 unspecified atom stereocenters. The van der Waals surface area contributed by atoms with Crippen LogP contribution in [-0.4, -0.2) is 42.1 Å². The summed E-state index contributed by atoms with van der Waals surface area (Å²) in [6.45, 7) is 1.83. The number of H-pyrrole nitrogens is 1. The quantitative estimate of drug-likeness (QED) is 0.785.